The van der Waals surface area contributed by atoms with E-state index in [0.717, 1.165) is 83.6 Å². The van der Waals surface area contributed by atoms with Gasteiger partial charge in [-0.1, -0.05) is 13.8 Å². The van der Waals surface area contributed by atoms with Crippen LogP contribution in [0, 0.1) is 0 Å². The summed E-state index contributed by atoms with van der Waals surface area (Å²) in [6.45, 7) is 9.63. The second-order valence-electron chi connectivity index (χ2n) is 7.73. The van der Waals surface area contributed by atoms with Crippen molar-refractivity contribution in [2.75, 3.05) is 46.3 Å². The number of nitrogens with zero attached hydrogens (tertiary/aromatic N) is 5. The molecule has 1 aromatic rings. The van der Waals surface area contributed by atoms with E-state index >= 15 is 0 Å². The number of aromatic nitrogens is 2. The molecule has 1 saturated heterocycles. The Labute approximate surface area is 162 Å². The molecule has 1 fully saturated rings. The molecule has 7 heteroatoms. The molecule has 1 aromatic heterocycles. The summed E-state index contributed by atoms with van der Waals surface area (Å²) in [5.41, 5.74) is 1.47. The maximum absolute atomic E-state index is 13.2. The number of piperazine rings is 1. The Hall–Kier alpha value is -1.89. The zero-order valence-electron chi connectivity index (χ0n) is 17.0. The van der Waals surface area contributed by atoms with Crippen molar-refractivity contribution < 1.29 is 9.59 Å². The van der Waals surface area contributed by atoms with Crippen LogP contribution in [-0.2, 0) is 13.0 Å². The molecular formula is C20H33N5O2. The van der Waals surface area contributed by atoms with E-state index in [0.29, 0.717) is 11.5 Å². The number of fused-ring (bicyclic) bond motifs is 1. The zero-order chi connectivity index (χ0) is 19.4. The van der Waals surface area contributed by atoms with Gasteiger partial charge in [-0.05, 0) is 39.2 Å². The molecule has 150 valence electrons. The average Bonchev–Trinajstić information content (AvgIpc) is 3.07. The highest BCUT2D eigenvalue weighted by Gasteiger charge is 2.32. The van der Waals surface area contributed by atoms with E-state index in [4.69, 9.17) is 0 Å². The van der Waals surface area contributed by atoms with Crippen LogP contribution in [0.1, 0.15) is 66.3 Å². The van der Waals surface area contributed by atoms with Crippen molar-refractivity contribution >= 4 is 11.8 Å². The molecule has 0 radical (unpaired) electrons. The van der Waals surface area contributed by atoms with Crippen LogP contribution in [0.2, 0.25) is 0 Å². The molecule has 2 aliphatic heterocycles. The lowest BCUT2D eigenvalue weighted by atomic mass is 10.1. The summed E-state index contributed by atoms with van der Waals surface area (Å²) in [4.78, 5) is 36.9. The van der Waals surface area contributed by atoms with E-state index in [-0.39, 0.29) is 11.8 Å². The van der Waals surface area contributed by atoms with Crippen molar-refractivity contribution in [3.8, 4) is 0 Å². The normalized spacial score (nSPS) is 17.7. The van der Waals surface area contributed by atoms with Gasteiger partial charge in [0.15, 0.2) is 5.82 Å². The summed E-state index contributed by atoms with van der Waals surface area (Å²) in [5.74, 6) is 0.425. The van der Waals surface area contributed by atoms with E-state index < -0.39 is 0 Å². The van der Waals surface area contributed by atoms with Gasteiger partial charge in [0.2, 0.25) is 0 Å². The molecule has 7 nitrogen and oxygen atoms in total. The van der Waals surface area contributed by atoms with Crippen LogP contribution in [-0.4, -0.2) is 82.4 Å². The SMILES string of the molecule is CCCN(CCC)C(=O)c1nc(C(=O)N2CCN(C)CC2)c2n1CCCC2. The quantitative estimate of drug-likeness (QED) is 0.762. The first-order chi connectivity index (χ1) is 13.1. The molecule has 0 atom stereocenters. The Bertz CT molecular complexity index is 670. The highest BCUT2D eigenvalue weighted by molar-refractivity contribution is 5.97. The molecule has 0 unspecified atom stereocenters. The lowest BCUT2D eigenvalue weighted by Crippen LogP contribution is -2.47. The fourth-order valence-electron chi connectivity index (χ4n) is 4.03. The lowest BCUT2D eigenvalue weighted by Gasteiger charge is -2.32. The van der Waals surface area contributed by atoms with Gasteiger partial charge >= 0.3 is 0 Å². The Kier molecular flexibility index (Phi) is 6.52. The molecule has 0 aromatic carbocycles. The average molecular weight is 376 g/mol. The first kappa shape index (κ1) is 19.9. The molecule has 0 spiro atoms. The number of likely N-dealkylation sites (N-methyl/N-ethyl adjacent to an activating group) is 1. The van der Waals surface area contributed by atoms with Gasteiger partial charge in [-0.3, -0.25) is 9.59 Å². The van der Waals surface area contributed by atoms with Gasteiger partial charge in [0.25, 0.3) is 11.8 Å². The summed E-state index contributed by atoms with van der Waals surface area (Å²) in [7, 11) is 2.08. The molecule has 3 heterocycles. The first-order valence-electron chi connectivity index (χ1n) is 10.4. The fourth-order valence-corrected chi connectivity index (χ4v) is 4.03. The minimum Gasteiger partial charge on any atom is -0.336 e. The van der Waals surface area contributed by atoms with Crippen LogP contribution >= 0.6 is 0 Å². The molecule has 2 amide bonds. The zero-order valence-corrected chi connectivity index (χ0v) is 17.0. The Morgan fingerprint density at radius 1 is 1.00 bits per heavy atom. The van der Waals surface area contributed by atoms with Crippen LogP contribution in [0.5, 0.6) is 0 Å². The van der Waals surface area contributed by atoms with Gasteiger partial charge in [-0.15, -0.1) is 0 Å². The van der Waals surface area contributed by atoms with Gasteiger partial charge in [0.05, 0.1) is 5.69 Å². The summed E-state index contributed by atoms with van der Waals surface area (Å²) >= 11 is 0. The van der Waals surface area contributed by atoms with E-state index in [2.05, 4.69) is 30.8 Å². The molecule has 0 N–H and O–H groups in total. The van der Waals surface area contributed by atoms with E-state index in [1.54, 1.807) is 0 Å². The van der Waals surface area contributed by atoms with E-state index in [9.17, 15) is 9.59 Å². The van der Waals surface area contributed by atoms with Crippen LogP contribution in [0.15, 0.2) is 0 Å². The summed E-state index contributed by atoms with van der Waals surface area (Å²) in [5, 5.41) is 0. The van der Waals surface area contributed by atoms with Crippen molar-refractivity contribution in [3.05, 3.63) is 17.2 Å². The van der Waals surface area contributed by atoms with Crippen LogP contribution < -0.4 is 0 Å². The maximum Gasteiger partial charge on any atom is 0.289 e. The smallest absolute Gasteiger partial charge is 0.289 e. The van der Waals surface area contributed by atoms with Crippen molar-refractivity contribution in [3.63, 3.8) is 0 Å². The number of amides is 2. The lowest BCUT2D eigenvalue weighted by molar-refractivity contribution is 0.0657. The number of rotatable bonds is 6. The van der Waals surface area contributed by atoms with Gasteiger partial charge in [-0.2, -0.15) is 0 Å². The number of hydrogen-bond donors (Lipinski definition) is 0. The third-order valence-corrected chi connectivity index (χ3v) is 5.58. The monoisotopic (exact) mass is 375 g/mol. The predicted molar refractivity (Wildman–Crippen MR) is 105 cm³/mol. The van der Waals surface area contributed by atoms with Gasteiger partial charge in [-0.25, -0.2) is 4.98 Å². The summed E-state index contributed by atoms with van der Waals surface area (Å²) in [6.07, 6.45) is 4.76. The molecule has 0 bridgehead atoms. The van der Waals surface area contributed by atoms with Crippen LogP contribution in [0.3, 0.4) is 0 Å². The minimum absolute atomic E-state index is 0.00895. The van der Waals surface area contributed by atoms with Crippen LogP contribution in [0.25, 0.3) is 0 Å². The minimum atomic E-state index is -0.0284. The summed E-state index contributed by atoms with van der Waals surface area (Å²) < 4.78 is 2.02. The van der Waals surface area contributed by atoms with Gasteiger partial charge in [0.1, 0.15) is 5.69 Å². The Morgan fingerprint density at radius 2 is 1.67 bits per heavy atom. The van der Waals surface area contributed by atoms with E-state index in [1.165, 1.54) is 0 Å². The fraction of sp³-hybridized carbons (Fsp3) is 0.750. The summed E-state index contributed by atoms with van der Waals surface area (Å²) in [6, 6.07) is 0. The largest absolute Gasteiger partial charge is 0.336 e. The van der Waals surface area contributed by atoms with Gasteiger partial charge in [0, 0.05) is 45.8 Å². The van der Waals surface area contributed by atoms with Crippen molar-refractivity contribution in [1.29, 1.82) is 0 Å². The molecule has 27 heavy (non-hydrogen) atoms. The molecular weight excluding hydrogens is 342 g/mol. The molecule has 2 aliphatic rings. The highest BCUT2D eigenvalue weighted by Crippen LogP contribution is 2.23. The second kappa shape index (κ2) is 8.87. The Balaban J connectivity index is 1.90. The predicted octanol–water partition coefficient (Wildman–Crippen LogP) is 1.87. The number of carbonyl (C=O) groups excluding carboxylic acids is 2. The molecule has 0 saturated carbocycles. The second-order valence-corrected chi connectivity index (χ2v) is 7.73. The van der Waals surface area contributed by atoms with Crippen molar-refractivity contribution in [1.82, 2.24) is 24.3 Å². The standard InChI is InChI=1S/C20H33N5O2/c1-4-9-23(10-5-2)20(27)18-21-17(16-8-6-7-11-25(16)18)19(26)24-14-12-22(3)13-15-24/h4-15H2,1-3H3. The third-order valence-electron chi connectivity index (χ3n) is 5.58. The van der Waals surface area contributed by atoms with Crippen molar-refractivity contribution in [2.45, 2.75) is 52.5 Å². The van der Waals surface area contributed by atoms with Crippen molar-refractivity contribution in [2.24, 2.45) is 0 Å². The molecule has 3 rings (SSSR count). The third kappa shape index (κ3) is 4.18. The number of hydrogen-bond acceptors (Lipinski definition) is 4. The Morgan fingerprint density at radius 3 is 2.30 bits per heavy atom. The number of imidazole rings is 1. The van der Waals surface area contributed by atoms with E-state index in [1.807, 2.05) is 14.4 Å². The topological polar surface area (TPSA) is 61.7 Å². The maximum atomic E-state index is 13.2. The number of carbonyl (C=O) groups is 2. The van der Waals surface area contributed by atoms with Crippen LogP contribution in [0.4, 0.5) is 0 Å². The molecule has 0 aliphatic carbocycles. The first-order valence-corrected chi connectivity index (χ1v) is 10.4. The highest BCUT2D eigenvalue weighted by atomic mass is 16.2. The van der Waals surface area contributed by atoms with Gasteiger partial charge < -0.3 is 19.3 Å².